The predicted octanol–water partition coefficient (Wildman–Crippen LogP) is 11.6. The Balaban J connectivity index is 1.12. The number of para-hydroxylation sites is 2. The fourth-order valence-electron chi connectivity index (χ4n) is 6.71. The first-order valence-corrected chi connectivity index (χ1v) is 16.2. The van der Waals surface area contributed by atoms with Crippen LogP contribution in [0.15, 0.2) is 127 Å². The molecular weight excluding hydrogens is 561 g/mol. The number of aliphatic imine (C=N–C) groups is 1. The van der Waals surface area contributed by atoms with Crippen LogP contribution in [0.2, 0.25) is 0 Å². The third-order valence-corrected chi connectivity index (χ3v) is 11.1. The van der Waals surface area contributed by atoms with Gasteiger partial charge in [-0.3, -0.25) is 4.99 Å². The average molecular weight is 587 g/mol. The molecule has 3 aromatic heterocycles. The normalized spacial score (nSPS) is 15.0. The molecule has 4 heteroatoms. The van der Waals surface area contributed by atoms with Gasteiger partial charge < -0.3 is 4.57 Å². The molecule has 0 N–H and O–H groups in total. The van der Waals surface area contributed by atoms with E-state index < -0.39 is 0 Å². The number of allylic oxidation sites excluding steroid dienone is 1. The molecule has 1 atom stereocenters. The van der Waals surface area contributed by atoms with Crippen molar-refractivity contribution in [3.8, 4) is 5.69 Å². The summed E-state index contributed by atoms with van der Waals surface area (Å²) in [6.45, 7) is 4.36. The largest absolute Gasteiger partial charge is 0.309 e. The highest BCUT2D eigenvalue weighted by Gasteiger charge is 2.24. The Hall–Kier alpha value is -4.77. The van der Waals surface area contributed by atoms with Gasteiger partial charge in [-0.2, -0.15) is 0 Å². The van der Waals surface area contributed by atoms with Gasteiger partial charge >= 0.3 is 0 Å². The number of nitrogens with zero attached hydrogens (tertiary/aromatic N) is 2. The van der Waals surface area contributed by atoms with Gasteiger partial charge in [-0.05, 0) is 48.4 Å². The molecule has 5 aromatic carbocycles. The van der Waals surface area contributed by atoms with E-state index in [9.17, 15) is 0 Å². The second-order valence-corrected chi connectivity index (χ2v) is 13.3. The molecule has 3 heterocycles. The van der Waals surface area contributed by atoms with Crippen LogP contribution in [0.1, 0.15) is 28.3 Å². The maximum absolute atomic E-state index is 4.95. The number of aromatic nitrogens is 1. The van der Waals surface area contributed by atoms with Gasteiger partial charge in [-0.1, -0.05) is 91.5 Å². The number of thiophene rings is 2. The summed E-state index contributed by atoms with van der Waals surface area (Å²) in [5.74, 6) is 0.216. The van der Waals surface area contributed by atoms with Gasteiger partial charge in [0.1, 0.15) is 0 Å². The lowest BCUT2D eigenvalue weighted by Gasteiger charge is -2.16. The first-order valence-electron chi connectivity index (χ1n) is 14.6. The van der Waals surface area contributed by atoms with Gasteiger partial charge in [0.25, 0.3) is 0 Å². The first-order chi connectivity index (χ1) is 21.2. The molecule has 8 aromatic rings. The van der Waals surface area contributed by atoms with E-state index in [-0.39, 0.29) is 5.92 Å². The van der Waals surface area contributed by atoms with Crippen LogP contribution >= 0.6 is 22.7 Å². The average Bonchev–Trinajstić information content (AvgIpc) is 3.73. The zero-order valence-corrected chi connectivity index (χ0v) is 25.0. The molecule has 0 aliphatic heterocycles. The van der Waals surface area contributed by atoms with E-state index in [1.54, 1.807) is 0 Å². The van der Waals surface area contributed by atoms with Crippen LogP contribution < -0.4 is 0 Å². The molecule has 204 valence electrons. The van der Waals surface area contributed by atoms with E-state index in [4.69, 9.17) is 4.99 Å². The van der Waals surface area contributed by atoms with Crippen LogP contribution in [0.4, 0.5) is 0 Å². The van der Waals surface area contributed by atoms with E-state index in [1.807, 2.05) is 22.7 Å². The van der Waals surface area contributed by atoms with Crippen LogP contribution in [0.5, 0.6) is 0 Å². The van der Waals surface area contributed by atoms with Crippen molar-refractivity contribution in [1.29, 1.82) is 0 Å². The topological polar surface area (TPSA) is 17.3 Å². The maximum Gasteiger partial charge on any atom is 0.0627 e. The smallest absolute Gasteiger partial charge is 0.0627 e. The van der Waals surface area contributed by atoms with E-state index in [1.165, 1.54) is 68.2 Å². The number of rotatable bonds is 4. The van der Waals surface area contributed by atoms with Crippen molar-refractivity contribution in [2.45, 2.75) is 12.3 Å². The highest BCUT2D eigenvalue weighted by atomic mass is 32.1. The van der Waals surface area contributed by atoms with E-state index >= 15 is 0 Å². The fourth-order valence-corrected chi connectivity index (χ4v) is 9.14. The van der Waals surface area contributed by atoms with Crippen molar-refractivity contribution in [2.75, 3.05) is 0 Å². The number of hydrogen-bond donors (Lipinski definition) is 0. The Labute approximate surface area is 257 Å². The number of benzene rings is 5. The molecule has 2 nitrogen and oxygen atoms in total. The van der Waals surface area contributed by atoms with Crippen LogP contribution in [-0.2, 0) is 0 Å². The Morgan fingerprint density at radius 3 is 2.23 bits per heavy atom. The summed E-state index contributed by atoms with van der Waals surface area (Å²) in [4.78, 5) is 6.33. The van der Waals surface area contributed by atoms with E-state index in [2.05, 4.69) is 139 Å². The first kappa shape index (κ1) is 24.8. The lowest BCUT2D eigenvalue weighted by Crippen LogP contribution is -2.03. The van der Waals surface area contributed by atoms with Gasteiger partial charge in [0, 0.05) is 63.6 Å². The van der Waals surface area contributed by atoms with Gasteiger partial charge in [-0.15, -0.1) is 22.7 Å². The molecule has 0 saturated carbocycles. The second kappa shape index (κ2) is 9.63. The van der Waals surface area contributed by atoms with E-state index in [0.717, 1.165) is 17.7 Å². The van der Waals surface area contributed by atoms with Crippen LogP contribution in [-0.4, -0.2) is 10.8 Å². The molecule has 0 saturated heterocycles. The minimum Gasteiger partial charge on any atom is -0.309 e. The highest BCUT2D eigenvalue weighted by molar-refractivity contribution is 7.25. The van der Waals surface area contributed by atoms with Crippen molar-refractivity contribution < 1.29 is 0 Å². The van der Waals surface area contributed by atoms with Crippen molar-refractivity contribution in [1.82, 2.24) is 4.57 Å². The Morgan fingerprint density at radius 2 is 1.42 bits per heavy atom. The van der Waals surface area contributed by atoms with Crippen molar-refractivity contribution in [3.05, 3.63) is 138 Å². The summed E-state index contributed by atoms with van der Waals surface area (Å²) >= 11 is 3.73. The highest BCUT2D eigenvalue weighted by Crippen LogP contribution is 2.45. The lowest BCUT2D eigenvalue weighted by molar-refractivity contribution is 0.938. The Kier molecular flexibility index (Phi) is 5.55. The van der Waals surface area contributed by atoms with Gasteiger partial charge in [0.2, 0.25) is 0 Å². The molecule has 1 aliphatic rings. The van der Waals surface area contributed by atoms with Gasteiger partial charge in [0.05, 0.1) is 22.4 Å². The van der Waals surface area contributed by atoms with Crippen molar-refractivity contribution in [2.24, 2.45) is 4.99 Å². The van der Waals surface area contributed by atoms with Gasteiger partial charge in [0.15, 0.2) is 0 Å². The second-order valence-electron chi connectivity index (χ2n) is 11.2. The third kappa shape index (κ3) is 3.80. The molecule has 0 bridgehead atoms. The summed E-state index contributed by atoms with van der Waals surface area (Å²) in [7, 11) is 0. The molecule has 0 spiro atoms. The van der Waals surface area contributed by atoms with Crippen LogP contribution in [0, 0.1) is 0 Å². The van der Waals surface area contributed by atoms with Crippen molar-refractivity contribution >= 4 is 92.7 Å². The summed E-state index contributed by atoms with van der Waals surface area (Å²) in [5, 5.41) is 6.50. The monoisotopic (exact) mass is 586 g/mol. The number of fused-ring (bicyclic) bond motifs is 9. The lowest BCUT2D eigenvalue weighted by atomic mass is 9.93. The third-order valence-electron chi connectivity index (χ3n) is 8.71. The summed E-state index contributed by atoms with van der Waals surface area (Å²) in [5.41, 5.74) is 6.91. The summed E-state index contributed by atoms with van der Waals surface area (Å²) < 4.78 is 6.34. The minimum atomic E-state index is 0.216. The van der Waals surface area contributed by atoms with E-state index in [0.29, 0.717) is 0 Å². The summed E-state index contributed by atoms with van der Waals surface area (Å²) in [6.07, 6.45) is 7.69. The molecule has 0 fully saturated rings. The minimum absolute atomic E-state index is 0.216. The van der Waals surface area contributed by atoms with Crippen LogP contribution in [0.25, 0.3) is 69.5 Å². The zero-order valence-electron chi connectivity index (χ0n) is 23.3. The molecule has 0 radical (unpaired) electrons. The molecule has 1 aliphatic carbocycles. The SMILES string of the molecule is C=C(N=CC1CC=Cc2c1sc1cccc(-n3c4ccccc4c4ccccc43)c21)c1ccc2c(c1)sc1ccccc12. The Morgan fingerprint density at radius 1 is 0.721 bits per heavy atom. The quantitative estimate of drug-likeness (QED) is 0.183. The molecule has 9 rings (SSSR count). The van der Waals surface area contributed by atoms with Crippen LogP contribution in [0.3, 0.4) is 0 Å². The standard InChI is InChI=1S/C39H26N2S2/c1-24(25-20-21-30-29-13-4-7-18-35(29)42-37(30)22-25)40-23-26-10-8-14-31-38-34(17-9-19-36(38)43-39(26)31)41-32-15-5-2-11-27(32)28-12-3-6-16-33(28)41/h2-9,11-23,26H,1,10H2. The predicted molar refractivity (Wildman–Crippen MR) is 189 cm³/mol. The zero-order chi connectivity index (χ0) is 28.5. The fraction of sp³-hybridized carbons (Fsp3) is 0.0513. The molecule has 0 amide bonds. The van der Waals surface area contributed by atoms with Gasteiger partial charge in [-0.25, -0.2) is 0 Å². The summed E-state index contributed by atoms with van der Waals surface area (Å²) in [6, 6.07) is 39.4. The number of hydrogen-bond acceptors (Lipinski definition) is 3. The van der Waals surface area contributed by atoms with Crippen molar-refractivity contribution in [3.63, 3.8) is 0 Å². The maximum atomic E-state index is 4.95. The molecular formula is C39H26N2S2. The molecule has 1 unspecified atom stereocenters. The Bertz CT molecular complexity index is 2410. The molecule has 43 heavy (non-hydrogen) atoms.